The minimum atomic E-state index is -0.322. The lowest BCUT2D eigenvalue weighted by Crippen LogP contribution is -2.57. The molecule has 0 aliphatic heterocycles. The molecule has 3 rings (SSSR count). The molecule has 188 valence electrons. The zero-order valence-electron chi connectivity index (χ0n) is 22.7. The number of para-hydroxylation sites is 1. The molecular weight excluding hydrogens is 424 g/mol. The van der Waals surface area contributed by atoms with Crippen LogP contribution in [0.25, 0.3) is 0 Å². The Morgan fingerprint density at radius 2 is 0.971 bits per heavy atom. The first-order chi connectivity index (χ1) is 16.8. The van der Waals surface area contributed by atoms with Gasteiger partial charge < -0.3 is 5.11 Å². The van der Waals surface area contributed by atoms with E-state index < -0.39 is 0 Å². The van der Waals surface area contributed by atoms with Gasteiger partial charge in [-0.25, -0.2) is 0 Å². The third-order valence-corrected chi connectivity index (χ3v) is 8.64. The molecule has 1 nitrogen and oxygen atoms in total. The Kier molecular flexibility index (Phi) is 9.22. The SMILES string of the molecule is CCCCCCCCCC(c1ccccc1O)(C(C)(C)c1ccccc1)C(C)(C)c1ccccc1. The maximum Gasteiger partial charge on any atom is 0.119 e. The van der Waals surface area contributed by atoms with Crippen molar-refractivity contribution in [2.75, 3.05) is 0 Å². The summed E-state index contributed by atoms with van der Waals surface area (Å²) in [6.45, 7) is 11.8. The molecule has 0 saturated carbocycles. The van der Waals surface area contributed by atoms with Crippen LogP contribution in [-0.2, 0) is 16.2 Å². The van der Waals surface area contributed by atoms with Gasteiger partial charge >= 0.3 is 0 Å². The monoisotopic (exact) mass is 470 g/mol. The van der Waals surface area contributed by atoms with Gasteiger partial charge in [-0.3, -0.25) is 0 Å². The Morgan fingerprint density at radius 3 is 1.46 bits per heavy atom. The topological polar surface area (TPSA) is 20.2 Å². The first kappa shape index (κ1) is 27.1. The van der Waals surface area contributed by atoms with E-state index in [0.717, 1.165) is 18.4 Å². The molecule has 0 aliphatic carbocycles. The van der Waals surface area contributed by atoms with Crippen LogP contribution in [0.15, 0.2) is 84.9 Å². The predicted octanol–water partition coefficient (Wildman–Crippen LogP) is 9.73. The van der Waals surface area contributed by atoms with Gasteiger partial charge in [-0.15, -0.1) is 0 Å². The highest BCUT2D eigenvalue weighted by Gasteiger charge is 2.57. The lowest BCUT2D eigenvalue weighted by atomic mass is 9.45. The fourth-order valence-corrected chi connectivity index (χ4v) is 6.60. The van der Waals surface area contributed by atoms with Crippen LogP contribution in [0.1, 0.15) is 103 Å². The highest BCUT2D eigenvalue weighted by molar-refractivity contribution is 5.50. The number of phenolic OH excluding ortho intramolecular Hbond substituents is 1. The minimum absolute atomic E-state index is 0.228. The van der Waals surface area contributed by atoms with Gasteiger partial charge in [0.1, 0.15) is 5.75 Å². The van der Waals surface area contributed by atoms with Crippen molar-refractivity contribution in [3.63, 3.8) is 0 Å². The highest BCUT2D eigenvalue weighted by Crippen LogP contribution is 2.59. The number of aromatic hydroxyl groups is 1. The van der Waals surface area contributed by atoms with Crippen LogP contribution < -0.4 is 0 Å². The Balaban J connectivity index is 2.16. The lowest BCUT2D eigenvalue weighted by molar-refractivity contribution is 0.120. The average Bonchev–Trinajstić information content (AvgIpc) is 2.87. The standard InChI is InChI=1S/C34H46O/c1-6-7-8-9-10-11-20-27-34(30-25-18-19-26-31(30)35,32(2,3)28-21-14-12-15-22-28)33(4,5)29-23-16-13-17-24-29/h12-19,21-26,35H,6-11,20,27H2,1-5H3. The summed E-state index contributed by atoms with van der Waals surface area (Å²) in [6, 6.07) is 29.9. The molecule has 0 aliphatic rings. The second-order valence-electron chi connectivity index (χ2n) is 11.3. The van der Waals surface area contributed by atoms with Crippen LogP contribution >= 0.6 is 0 Å². The van der Waals surface area contributed by atoms with Crippen LogP contribution in [-0.4, -0.2) is 5.11 Å². The molecule has 0 amide bonds. The Bertz CT molecular complexity index is 965. The maximum absolute atomic E-state index is 11.4. The zero-order chi connectivity index (χ0) is 25.4. The van der Waals surface area contributed by atoms with Crippen molar-refractivity contribution in [2.24, 2.45) is 0 Å². The van der Waals surface area contributed by atoms with Crippen LogP contribution in [0.3, 0.4) is 0 Å². The van der Waals surface area contributed by atoms with E-state index in [2.05, 4.69) is 107 Å². The zero-order valence-corrected chi connectivity index (χ0v) is 22.7. The van der Waals surface area contributed by atoms with Crippen molar-refractivity contribution < 1.29 is 5.11 Å². The smallest absolute Gasteiger partial charge is 0.119 e. The van der Waals surface area contributed by atoms with Crippen LogP contribution in [0, 0.1) is 0 Å². The van der Waals surface area contributed by atoms with Crippen molar-refractivity contribution >= 4 is 0 Å². The third-order valence-electron chi connectivity index (χ3n) is 8.64. The van der Waals surface area contributed by atoms with Gasteiger partial charge in [0.25, 0.3) is 0 Å². The molecule has 1 N–H and O–H groups in total. The summed E-state index contributed by atoms with van der Waals surface area (Å²) in [7, 11) is 0. The molecule has 1 heteroatoms. The molecule has 0 unspecified atom stereocenters. The summed E-state index contributed by atoms with van der Waals surface area (Å²) in [6.07, 6.45) is 9.96. The summed E-state index contributed by atoms with van der Waals surface area (Å²) in [4.78, 5) is 0. The number of hydrogen-bond donors (Lipinski definition) is 1. The number of benzene rings is 3. The van der Waals surface area contributed by atoms with Gasteiger partial charge in [-0.2, -0.15) is 0 Å². The van der Waals surface area contributed by atoms with E-state index in [-0.39, 0.29) is 16.2 Å². The molecule has 35 heavy (non-hydrogen) atoms. The van der Waals surface area contributed by atoms with E-state index in [1.54, 1.807) is 0 Å². The van der Waals surface area contributed by atoms with Gasteiger partial charge in [0, 0.05) is 21.8 Å². The van der Waals surface area contributed by atoms with E-state index in [1.165, 1.54) is 49.7 Å². The second-order valence-corrected chi connectivity index (χ2v) is 11.3. The van der Waals surface area contributed by atoms with Crippen molar-refractivity contribution in [3.05, 3.63) is 102 Å². The summed E-state index contributed by atoms with van der Waals surface area (Å²) in [5.74, 6) is 0.406. The fourth-order valence-electron chi connectivity index (χ4n) is 6.60. The van der Waals surface area contributed by atoms with Crippen LogP contribution in [0.4, 0.5) is 0 Å². The number of unbranched alkanes of at least 4 members (excludes halogenated alkanes) is 6. The van der Waals surface area contributed by atoms with Gasteiger partial charge in [-0.05, 0) is 23.6 Å². The maximum atomic E-state index is 11.4. The highest BCUT2D eigenvalue weighted by atomic mass is 16.3. The summed E-state index contributed by atoms with van der Waals surface area (Å²) in [5, 5.41) is 11.4. The van der Waals surface area contributed by atoms with E-state index in [0.29, 0.717) is 5.75 Å². The van der Waals surface area contributed by atoms with E-state index in [9.17, 15) is 5.11 Å². The Labute approximate surface area is 214 Å². The van der Waals surface area contributed by atoms with E-state index in [4.69, 9.17) is 0 Å². The van der Waals surface area contributed by atoms with Gasteiger partial charge in [0.15, 0.2) is 0 Å². The van der Waals surface area contributed by atoms with E-state index >= 15 is 0 Å². The molecule has 0 spiro atoms. The fraction of sp³-hybridized carbons (Fsp3) is 0.471. The molecule has 0 radical (unpaired) electrons. The third kappa shape index (κ3) is 5.50. The van der Waals surface area contributed by atoms with Crippen molar-refractivity contribution in [2.45, 2.75) is 102 Å². The molecule has 0 bridgehead atoms. The van der Waals surface area contributed by atoms with Crippen molar-refractivity contribution in [1.29, 1.82) is 0 Å². The Morgan fingerprint density at radius 1 is 0.543 bits per heavy atom. The molecule has 3 aromatic rings. The molecule has 0 fully saturated rings. The first-order valence-electron chi connectivity index (χ1n) is 13.7. The normalized spacial score (nSPS) is 12.6. The summed E-state index contributed by atoms with van der Waals surface area (Å²) < 4.78 is 0. The number of phenols is 1. The van der Waals surface area contributed by atoms with Crippen LogP contribution in [0.2, 0.25) is 0 Å². The average molecular weight is 471 g/mol. The predicted molar refractivity (Wildman–Crippen MR) is 151 cm³/mol. The number of hydrogen-bond acceptors (Lipinski definition) is 1. The number of rotatable bonds is 13. The minimum Gasteiger partial charge on any atom is -0.508 e. The van der Waals surface area contributed by atoms with Crippen LogP contribution in [0.5, 0.6) is 5.75 Å². The molecule has 0 saturated heterocycles. The molecule has 0 aromatic heterocycles. The summed E-state index contributed by atoms with van der Waals surface area (Å²) in [5.41, 5.74) is 2.92. The van der Waals surface area contributed by atoms with E-state index in [1.807, 2.05) is 12.1 Å². The van der Waals surface area contributed by atoms with Gasteiger partial charge in [0.05, 0.1) is 0 Å². The summed E-state index contributed by atoms with van der Waals surface area (Å²) >= 11 is 0. The lowest BCUT2D eigenvalue weighted by Gasteiger charge is -2.57. The molecule has 3 aromatic carbocycles. The molecule has 0 atom stereocenters. The van der Waals surface area contributed by atoms with Crippen molar-refractivity contribution in [1.82, 2.24) is 0 Å². The first-order valence-corrected chi connectivity index (χ1v) is 13.7. The van der Waals surface area contributed by atoms with Crippen molar-refractivity contribution in [3.8, 4) is 5.75 Å². The van der Waals surface area contributed by atoms with Gasteiger partial charge in [-0.1, -0.05) is 158 Å². The second kappa shape index (κ2) is 11.9. The van der Waals surface area contributed by atoms with Gasteiger partial charge in [0.2, 0.25) is 0 Å². The molecule has 0 heterocycles. The molecular formula is C34H46O. The largest absolute Gasteiger partial charge is 0.508 e. The Hall–Kier alpha value is -2.54. The quantitative estimate of drug-likeness (QED) is 0.246.